The summed E-state index contributed by atoms with van der Waals surface area (Å²) in [5.41, 5.74) is 0.718. The zero-order chi connectivity index (χ0) is 26.6. The average molecular weight is 530 g/mol. The first-order valence-corrected chi connectivity index (χ1v) is 12.2. The Bertz CT molecular complexity index is 1080. The number of alkyl halides is 3. The Morgan fingerprint density at radius 3 is 2.50 bits per heavy atom. The molecule has 12 heteroatoms. The molecule has 0 radical (unpaired) electrons. The minimum Gasteiger partial charge on any atom is -0.444 e. The van der Waals surface area contributed by atoms with Crippen LogP contribution in [0, 0.1) is 0 Å². The molecule has 2 N–H and O–H groups in total. The molecule has 2 amide bonds. The molecule has 1 aromatic heterocycles. The molecule has 4 rings (SSSR count). The summed E-state index contributed by atoms with van der Waals surface area (Å²) >= 11 is 6.16. The maximum atomic E-state index is 12.3. The van der Waals surface area contributed by atoms with Gasteiger partial charge in [0, 0.05) is 30.1 Å². The number of nitrogens with one attached hydrogen (secondary N) is 2. The Labute approximate surface area is 212 Å². The molecule has 2 heterocycles. The molecule has 2 aliphatic rings. The third kappa shape index (κ3) is 7.11. The van der Waals surface area contributed by atoms with Gasteiger partial charge in [0.15, 0.2) is 0 Å². The van der Waals surface area contributed by atoms with Gasteiger partial charge in [0.05, 0.1) is 0 Å². The normalized spacial score (nSPS) is 17.2. The Kier molecular flexibility index (Phi) is 8.53. The van der Waals surface area contributed by atoms with Crippen molar-refractivity contribution in [2.45, 2.75) is 76.6 Å². The van der Waals surface area contributed by atoms with E-state index in [0.29, 0.717) is 6.54 Å². The Morgan fingerprint density at radius 1 is 1.19 bits per heavy atom. The number of hydrogen-bond acceptors (Lipinski definition) is 5. The molecule has 1 saturated carbocycles. The molecule has 1 aliphatic heterocycles. The van der Waals surface area contributed by atoms with E-state index in [-0.39, 0.29) is 30.4 Å². The van der Waals surface area contributed by atoms with E-state index in [0.717, 1.165) is 22.4 Å². The molecule has 198 valence electrons. The van der Waals surface area contributed by atoms with Crippen LogP contribution in [0.25, 0.3) is 0 Å². The predicted octanol–water partition coefficient (Wildman–Crippen LogP) is 5.11. The van der Waals surface area contributed by atoms with Crippen molar-refractivity contribution in [1.82, 2.24) is 25.4 Å². The first-order chi connectivity index (χ1) is 16.8. The molecule has 0 atom stereocenters. The minimum absolute atomic E-state index is 0.0277. The molecule has 0 unspecified atom stereocenters. The quantitative estimate of drug-likeness (QED) is 0.576. The highest BCUT2D eigenvalue weighted by Gasteiger charge is 2.40. The van der Waals surface area contributed by atoms with Gasteiger partial charge in [-0.1, -0.05) is 43.0 Å². The second-order valence-corrected chi connectivity index (χ2v) is 10.4. The van der Waals surface area contributed by atoms with Crippen molar-refractivity contribution in [1.29, 1.82) is 0 Å². The van der Waals surface area contributed by atoms with E-state index in [1.54, 1.807) is 0 Å². The second-order valence-electron chi connectivity index (χ2n) is 9.96. The molecular formula is C24H31ClF3N5O3. The van der Waals surface area contributed by atoms with Crippen molar-refractivity contribution in [3.8, 4) is 0 Å². The lowest BCUT2D eigenvalue weighted by Crippen LogP contribution is -2.43. The fourth-order valence-electron chi connectivity index (χ4n) is 4.42. The standard InChI is InChI=1S/C18H26ClNO2.C6H5F3N4O/c1-17(2,3)22-16(21)20-13-18(10-5-4-6-11-18)14-8-7-9-15(19)12-14;7-6(8,9)5-12-11-3-4(14)10-1-2-13(3)5/h7-9,12H,4-6,10-11,13H2,1-3H3,(H,20,21);1-2H2,(H,10,14). The van der Waals surface area contributed by atoms with Crippen LogP contribution in [0.15, 0.2) is 24.3 Å². The van der Waals surface area contributed by atoms with Gasteiger partial charge in [-0.05, 0) is 51.3 Å². The molecule has 0 bridgehead atoms. The molecule has 2 aromatic rings. The molecule has 36 heavy (non-hydrogen) atoms. The first-order valence-electron chi connectivity index (χ1n) is 11.8. The number of alkyl carbamates (subject to hydrolysis) is 1. The number of halogens is 4. The molecule has 1 aliphatic carbocycles. The fraction of sp³-hybridized carbons (Fsp3) is 0.583. The number of amides is 2. The highest BCUT2D eigenvalue weighted by Crippen LogP contribution is 2.39. The van der Waals surface area contributed by atoms with E-state index in [2.05, 4.69) is 26.9 Å². The van der Waals surface area contributed by atoms with Crippen molar-refractivity contribution >= 4 is 23.6 Å². The number of hydrogen-bond donors (Lipinski definition) is 2. The SMILES string of the molecule is CC(C)(C)OC(=O)NCC1(c2cccc(Cl)c2)CCCCC1.O=C1NCCn2c1nnc2C(F)(F)F. The van der Waals surface area contributed by atoms with E-state index in [1.807, 2.05) is 39.0 Å². The summed E-state index contributed by atoms with van der Waals surface area (Å²) in [7, 11) is 0. The van der Waals surface area contributed by atoms with Crippen LogP contribution >= 0.6 is 11.6 Å². The van der Waals surface area contributed by atoms with Gasteiger partial charge in [0.25, 0.3) is 5.91 Å². The summed E-state index contributed by atoms with van der Waals surface area (Å²) < 4.78 is 43.0. The summed E-state index contributed by atoms with van der Waals surface area (Å²) in [6.07, 6.45) is 0.856. The summed E-state index contributed by atoms with van der Waals surface area (Å²) in [5.74, 6) is -2.04. The number of nitrogens with zero attached hydrogens (tertiary/aromatic N) is 3. The van der Waals surface area contributed by atoms with Crippen molar-refractivity contribution in [2.75, 3.05) is 13.1 Å². The van der Waals surface area contributed by atoms with Gasteiger partial charge in [0.1, 0.15) is 5.60 Å². The zero-order valence-corrected chi connectivity index (χ0v) is 21.3. The van der Waals surface area contributed by atoms with E-state index in [4.69, 9.17) is 16.3 Å². The number of rotatable bonds is 3. The highest BCUT2D eigenvalue weighted by atomic mass is 35.5. The fourth-order valence-corrected chi connectivity index (χ4v) is 4.61. The summed E-state index contributed by atoms with van der Waals surface area (Å²) in [6, 6.07) is 8.03. The number of aromatic nitrogens is 3. The van der Waals surface area contributed by atoms with Gasteiger partial charge in [0.2, 0.25) is 11.6 Å². The van der Waals surface area contributed by atoms with E-state index >= 15 is 0 Å². The lowest BCUT2D eigenvalue weighted by molar-refractivity contribution is -0.147. The maximum Gasteiger partial charge on any atom is 0.451 e. The first kappa shape index (κ1) is 27.8. The smallest absolute Gasteiger partial charge is 0.444 e. The van der Waals surface area contributed by atoms with E-state index in [9.17, 15) is 22.8 Å². The van der Waals surface area contributed by atoms with Crippen molar-refractivity contribution in [3.05, 3.63) is 46.5 Å². The number of fused-ring (bicyclic) bond motifs is 1. The molecule has 8 nitrogen and oxygen atoms in total. The number of carbonyl (C=O) groups excluding carboxylic acids is 2. The largest absolute Gasteiger partial charge is 0.451 e. The van der Waals surface area contributed by atoms with Crippen molar-refractivity contribution < 1.29 is 27.5 Å². The monoisotopic (exact) mass is 529 g/mol. The average Bonchev–Trinajstić information content (AvgIpc) is 3.24. The van der Waals surface area contributed by atoms with Crippen LogP contribution < -0.4 is 10.6 Å². The summed E-state index contributed by atoms with van der Waals surface area (Å²) in [6.45, 7) is 6.43. The number of carbonyl (C=O) groups is 2. The zero-order valence-electron chi connectivity index (χ0n) is 20.5. The number of ether oxygens (including phenoxy) is 1. The minimum atomic E-state index is -4.57. The topological polar surface area (TPSA) is 98.1 Å². The third-order valence-electron chi connectivity index (χ3n) is 6.05. The lowest BCUT2D eigenvalue weighted by Gasteiger charge is -2.38. The van der Waals surface area contributed by atoms with Crippen molar-refractivity contribution in [3.63, 3.8) is 0 Å². The third-order valence-corrected chi connectivity index (χ3v) is 6.28. The molecule has 0 spiro atoms. The predicted molar refractivity (Wildman–Crippen MR) is 128 cm³/mol. The van der Waals surface area contributed by atoms with Gasteiger partial charge in [-0.3, -0.25) is 9.36 Å². The summed E-state index contributed by atoms with van der Waals surface area (Å²) in [5, 5.41) is 12.2. The molecular weight excluding hydrogens is 499 g/mol. The number of benzene rings is 1. The van der Waals surface area contributed by atoms with Crippen LogP contribution in [0.2, 0.25) is 5.02 Å². The van der Waals surface area contributed by atoms with Gasteiger partial charge >= 0.3 is 12.3 Å². The Balaban J connectivity index is 0.000000221. The molecule has 1 aromatic carbocycles. The van der Waals surface area contributed by atoms with Gasteiger partial charge < -0.3 is 15.4 Å². The molecule has 1 fully saturated rings. The lowest BCUT2D eigenvalue weighted by atomic mass is 9.69. The van der Waals surface area contributed by atoms with Crippen LogP contribution in [0.1, 0.15) is 74.9 Å². The van der Waals surface area contributed by atoms with Gasteiger partial charge in [-0.25, -0.2) is 4.79 Å². The van der Waals surface area contributed by atoms with Crippen molar-refractivity contribution in [2.24, 2.45) is 0 Å². The van der Waals surface area contributed by atoms with Crippen LogP contribution in [-0.4, -0.2) is 45.5 Å². The van der Waals surface area contributed by atoms with E-state index in [1.165, 1.54) is 24.8 Å². The Morgan fingerprint density at radius 2 is 1.89 bits per heavy atom. The van der Waals surface area contributed by atoms with Crippen LogP contribution in [-0.2, 0) is 22.9 Å². The van der Waals surface area contributed by atoms with E-state index < -0.39 is 23.5 Å². The maximum absolute atomic E-state index is 12.3. The molecule has 0 saturated heterocycles. The Hall–Kier alpha value is -2.82. The second kappa shape index (κ2) is 11.1. The van der Waals surface area contributed by atoms with Gasteiger partial charge in [-0.15, -0.1) is 10.2 Å². The van der Waals surface area contributed by atoms with Gasteiger partial charge in [-0.2, -0.15) is 13.2 Å². The van der Waals surface area contributed by atoms with Crippen LogP contribution in [0.5, 0.6) is 0 Å². The van der Waals surface area contributed by atoms with Crippen LogP contribution in [0.4, 0.5) is 18.0 Å². The summed E-state index contributed by atoms with van der Waals surface area (Å²) in [4.78, 5) is 23.0. The van der Waals surface area contributed by atoms with Crippen LogP contribution in [0.3, 0.4) is 0 Å². The highest BCUT2D eigenvalue weighted by molar-refractivity contribution is 6.30.